The molecule has 15 heteroatoms. The Balaban J connectivity index is 1.24. The van der Waals surface area contributed by atoms with E-state index >= 15 is 0 Å². The maximum atomic E-state index is 13.1. The lowest BCUT2D eigenvalue weighted by Gasteiger charge is -2.06. The van der Waals surface area contributed by atoms with Gasteiger partial charge in [-0.1, -0.05) is 12.1 Å². The molecule has 0 fully saturated rings. The molecule has 0 aliphatic carbocycles. The van der Waals surface area contributed by atoms with Crippen LogP contribution < -0.4 is 21.4 Å². The predicted octanol–water partition coefficient (Wildman–Crippen LogP) is 0.706. The van der Waals surface area contributed by atoms with E-state index in [0.29, 0.717) is 16.9 Å². The van der Waals surface area contributed by atoms with Crippen LogP contribution in [0.2, 0.25) is 0 Å². The topological polar surface area (TPSA) is 156 Å². The number of carbonyl (C=O) groups is 1. The average Bonchev–Trinajstić information content (AvgIpc) is 3.51. The first kappa shape index (κ1) is 25.2. The quantitative estimate of drug-likeness (QED) is 0.237. The molecule has 5 rings (SSSR count). The van der Waals surface area contributed by atoms with Crippen LogP contribution in [0.1, 0.15) is 5.56 Å². The van der Waals surface area contributed by atoms with Crippen molar-refractivity contribution in [3.05, 3.63) is 80.7 Å². The van der Waals surface area contributed by atoms with Gasteiger partial charge in [-0.2, -0.15) is 14.9 Å². The number of tetrazole rings is 1. The van der Waals surface area contributed by atoms with Crippen LogP contribution in [-0.4, -0.2) is 51.0 Å². The Kier molecular flexibility index (Phi) is 6.54. The summed E-state index contributed by atoms with van der Waals surface area (Å²) in [7, 11) is 4.53. The van der Waals surface area contributed by atoms with Crippen LogP contribution in [0.5, 0.6) is 11.8 Å². The third-order valence-corrected chi connectivity index (χ3v) is 5.74. The fourth-order valence-electron chi connectivity index (χ4n) is 3.72. The van der Waals surface area contributed by atoms with Gasteiger partial charge in [0, 0.05) is 26.7 Å². The van der Waals surface area contributed by atoms with Gasteiger partial charge in [-0.25, -0.2) is 14.6 Å². The molecule has 1 amide bonds. The maximum Gasteiger partial charge on any atom is 0.332 e. The normalized spacial score (nSPS) is 11.4. The number of nitrogens with one attached hydrogen (secondary N) is 1. The standard InChI is InChI=1S/C24H21FN10O4/c1-32-19-21(33(2)24(38)34(3)22(19)37)27-23(32)39-17-6-4-5-14(11-17)12-26-28-18(36)13-35-30-20(29-31-35)15-7-9-16(25)10-8-15/h4-12H,13H2,1-3H3,(H,28,36)/b26-12-. The molecule has 0 unspecified atom stereocenters. The highest BCUT2D eigenvalue weighted by molar-refractivity contribution is 5.82. The summed E-state index contributed by atoms with van der Waals surface area (Å²) in [5.74, 6) is -0.226. The summed E-state index contributed by atoms with van der Waals surface area (Å²) in [6, 6.07) is 12.5. The third kappa shape index (κ3) is 5.04. The summed E-state index contributed by atoms with van der Waals surface area (Å²) in [4.78, 5) is 42.4. The highest BCUT2D eigenvalue weighted by atomic mass is 19.1. The number of imidazole rings is 1. The number of hydrogen-bond donors (Lipinski definition) is 1. The smallest absolute Gasteiger partial charge is 0.332 e. The number of hydrogen-bond acceptors (Lipinski definition) is 9. The molecule has 2 aromatic carbocycles. The van der Waals surface area contributed by atoms with Crippen molar-refractivity contribution in [2.24, 2.45) is 26.2 Å². The van der Waals surface area contributed by atoms with Crippen LogP contribution >= 0.6 is 0 Å². The van der Waals surface area contributed by atoms with Gasteiger partial charge in [0.05, 0.1) is 6.21 Å². The number of aromatic nitrogens is 8. The number of hydrazone groups is 1. The lowest BCUT2D eigenvalue weighted by atomic mass is 10.2. The molecule has 5 aromatic rings. The number of ether oxygens (including phenoxy) is 1. The summed E-state index contributed by atoms with van der Waals surface area (Å²) < 4.78 is 22.7. The molecule has 0 saturated heterocycles. The number of halogens is 1. The molecular weight excluding hydrogens is 511 g/mol. The van der Waals surface area contributed by atoms with Crippen molar-refractivity contribution in [2.75, 3.05) is 0 Å². The van der Waals surface area contributed by atoms with E-state index in [9.17, 15) is 18.8 Å². The van der Waals surface area contributed by atoms with Crippen molar-refractivity contribution in [1.82, 2.24) is 44.3 Å². The minimum Gasteiger partial charge on any atom is -0.425 e. The number of nitrogens with zero attached hydrogens (tertiary/aromatic N) is 9. The van der Waals surface area contributed by atoms with Crippen LogP contribution in [0.15, 0.2) is 63.2 Å². The Morgan fingerprint density at radius 1 is 1.08 bits per heavy atom. The monoisotopic (exact) mass is 532 g/mol. The minimum absolute atomic E-state index is 0.117. The van der Waals surface area contributed by atoms with Crippen molar-refractivity contribution in [3.63, 3.8) is 0 Å². The number of rotatable bonds is 7. The molecule has 3 heterocycles. The second-order valence-electron chi connectivity index (χ2n) is 8.45. The maximum absolute atomic E-state index is 13.1. The van der Waals surface area contributed by atoms with Crippen LogP contribution in [0, 0.1) is 5.82 Å². The molecule has 0 spiro atoms. The highest BCUT2D eigenvalue weighted by Gasteiger charge is 2.18. The van der Waals surface area contributed by atoms with E-state index < -0.39 is 17.2 Å². The van der Waals surface area contributed by atoms with Gasteiger partial charge < -0.3 is 4.74 Å². The Labute approximate surface area is 218 Å². The summed E-state index contributed by atoms with van der Waals surface area (Å²) in [6.07, 6.45) is 1.41. The van der Waals surface area contributed by atoms with Gasteiger partial charge in [-0.3, -0.25) is 23.3 Å². The molecule has 0 atom stereocenters. The van der Waals surface area contributed by atoms with Gasteiger partial charge in [-0.15, -0.1) is 10.2 Å². The predicted molar refractivity (Wildman–Crippen MR) is 137 cm³/mol. The summed E-state index contributed by atoms with van der Waals surface area (Å²) >= 11 is 0. The molecule has 198 valence electrons. The SMILES string of the molecule is Cn1c(=O)c2c(nc(Oc3cccc(/C=N\NC(=O)Cn4nnc(-c5ccc(F)cc5)n4)c3)n2C)n(C)c1=O. The molecule has 0 aliphatic rings. The van der Waals surface area contributed by atoms with Crippen LogP contribution in [0.4, 0.5) is 4.39 Å². The zero-order valence-corrected chi connectivity index (χ0v) is 20.9. The fraction of sp³-hybridized carbons (Fsp3) is 0.167. The number of benzene rings is 2. The second-order valence-corrected chi connectivity index (χ2v) is 8.45. The molecule has 14 nitrogen and oxygen atoms in total. The largest absolute Gasteiger partial charge is 0.425 e. The first-order valence-corrected chi connectivity index (χ1v) is 11.5. The van der Waals surface area contributed by atoms with Crippen molar-refractivity contribution < 1.29 is 13.9 Å². The Hall–Kier alpha value is -5.47. The zero-order valence-electron chi connectivity index (χ0n) is 20.9. The van der Waals surface area contributed by atoms with Crippen LogP contribution in [0.25, 0.3) is 22.6 Å². The minimum atomic E-state index is -0.495. The number of amides is 1. The Bertz CT molecular complexity index is 1850. The average molecular weight is 532 g/mol. The van der Waals surface area contributed by atoms with Gasteiger partial charge >= 0.3 is 11.7 Å². The molecule has 1 N–H and O–H groups in total. The highest BCUT2D eigenvalue weighted by Crippen LogP contribution is 2.23. The van der Waals surface area contributed by atoms with Gasteiger partial charge in [0.1, 0.15) is 18.1 Å². The molecule has 0 saturated carbocycles. The number of aryl methyl sites for hydroxylation is 2. The van der Waals surface area contributed by atoms with Gasteiger partial charge in [0.15, 0.2) is 11.2 Å². The van der Waals surface area contributed by atoms with Crippen LogP contribution in [-0.2, 0) is 32.5 Å². The summed E-state index contributed by atoms with van der Waals surface area (Å²) in [6.45, 7) is -0.233. The van der Waals surface area contributed by atoms with Gasteiger partial charge in [0.2, 0.25) is 5.82 Å². The van der Waals surface area contributed by atoms with E-state index in [0.717, 1.165) is 9.36 Å². The lowest BCUT2D eigenvalue weighted by molar-refractivity contribution is -0.122. The van der Waals surface area contributed by atoms with E-state index in [1.54, 1.807) is 31.3 Å². The first-order valence-electron chi connectivity index (χ1n) is 11.5. The summed E-state index contributed by atoms with van der Waals surface area (Å²) in [5, 5.41) is 15.7. The Morgan fingerprint density at radius 3 is 2.62 bits per heavy atom. The molecular formula is C24H21FN10O4. The second kappa shape index (κ2) is 10.1. The fourth-order valence-corrected chi connectivity index (χ4v) is 3.72. The first-order chi connectivity index (χ1) is 18.7. The van der Waals surface area contributed by atoms with Crippen molar-refractivity contribution in [3.8, 4) is 23.1 Å². The summed E-state index contributed by atoms with van der Waals surface area (Å²) in [5.41, 5.74) is 2.99. The Morgan fingerprint density at radius 2 is 1.85 bits per heavy atom. The molecule has 0 bridgehead atoms. The van der Waals surface area contributed by atoms with Crippen molar-refractivity contribution in [2.45, 2.75) is 6.54 Å². The van der Waals surface area contributed by atoms with E-state index in [1.807, 2.05) is 0 Å². The van der Waals surface area contributed by atoms with E-state index in [1.165, 1.54) is 53.7 Å². The lowest BCUT2D eigenvalue weighted by Crippen LogP contribution is -2.37. The third-order valence-electron chi connectivity index (χ3n) is 5.74. The van der Waals surface area contributed by atoms with Crippen molar-refractivity contribution >= 4 is 23.3 Å². The molecule has 3 aromatic heterocycles. The van der Waals surface area contributed by atoms with E-state index in [-0.39, 0.29) is 35.4 Å². The number of fused-ring (bicyclic) bond motifs is 1. The molecule has 0 aliphatic heterocycles. The van der Waals surface area contributed by atoms with Gasteiger partial charge in [-0.05, 0) is 47.2 Å². The zero-order chi connectivity index (χ0) is 27.7. The van der Waals surface area contributed by atoms with E-state index in [4.69, 9.17) is 4.74 Å². The van der Waals surface area contributed by atoms with E-state index in [2.05, 4.69) is 30.9 Å². The number of carbonyl (C=O) groups excluding carboxylic acids is 1. The van der Waals surface area contributed by atoms with Crippen LogP contribution in [0.3, 0.4) is 0 Å². The van der Waals surface area contributed by atoms with Crippen molar-refractivity contribution in [1.29, 1.82) is 0 Å². The molecule has 39 heavy (non-hydrogen) atoms. The van der Waals surface area contributed by atoms with Gasteiger partial charge in [0.25, 0.3) is 11.5 Å². The molecule has 0 radical (unpaired) electrons.